The Morgan fingerprint density at radius 2 is 1.48 bits per heavy atom. The van der Waals surface area contributed by atoms with E-state index >= 15 is 0 Å². The second kappa shape index (κ2) is 6.68. The molecule has 2 aromatic carbocycles. The number of aromatic carboxylic acids is 1. The molecule has 0 amide bonds. The highest BCUT2D eigenvalue weighted by atomic mass is 19.1. The van der Waals surface area contributed by atoms with Gasteiger partial charge in [-0.05, 0) is 35.4 Å². The topological polar surface area (TPSA) is 59.3 Å². The number of rotatable bonds is 4. The number of pyridine rings is 1. The molecule has 1 heterocycles. The summed E-state index contributed by atoms with van der Waals surface area (Å²) in [6.45, 7) is 0.259. The maximum Gasteiger partial charge on any atom is 0.341 e. The number of benzene rings is 2. The highest BCUT2D eigenvalue weighted by Gasteiger charge is 2.15. The van der Waals surface area contributed by atoms with Gasteiger partial charge in [-0.2, -0.15) is 0 Å². The molecule has 0 aliphatic heterocycles. The summed E-state index contributed by atoms with van der Waals surface area (Å²) < 4.78 is 27.7. The van der Waals surface area contributed by atoms with Crippen molar-refractivity contribution in [2.24, 2.45) is 0 Å². The normalized spacial score (nSPS) is 10.6. The van der Waals surface area contributed by atoms with Gasteiger partial charge in [0.25, 0.3) is 0 Å². The van der Waals surface area contributed by atoms with Gasteiger partial charge in [0.2, 0.25) is 5.43 Å². The van der Waals surface area contributed by atoms with Crippen molar-refractivity contribution in [1.29, 1.82) is 0 Å². The molecule has 0 aliphatic rings. The summed E-state index contributed by atoms with van der Waals surface area (Å²) in [5.74, 6) is -2.17. The van der Waals surface area contributed by atoms with Gasteiger partial charge in [0.05, 0.1) is 0 Å². The maximum atomic E-state index is 13.1. The van der Waals surface area contributed by atoms with E-state index in [0.717, 1.165) is 5.56 Å². The molecule has 0 radical (unpaired) electrons. The van der Waals surface area contributed by atoms with Gasteiger partial charge in [-0.1, -0.05) is 24.3 Å². The average molecular weight is 341 g/mol. The van der Waals surface area contributed by atoms with Crippen molar-refractivity contribution in [3.8, 4) is 11.1 Å². The van der Waals surface area contributed by atoms with Gasteiger partial charge in [0.1, 0.15) is 17.2 Å². The highest BCUT2D eigenvalue weighted by Crippen LogP contribution is 2.17. The van der Waals surface area contributed by atoms with E-state index in [0.29, 0.717) is 5.56 Å². The molecule has 0 saturated heterocycles. The number of hydrogen-bond donors (Lipinski definition) is 1. The first-order valence-electron chi connectivity index (χ1n) is 7.42. The summed E-state index contributed by atoms with van der Waals surface area (Å²) in [7, 11) is 0. The molecular formula is C19H13F2NO3. The van der Waals surface area contributed by atoms with E-state index in [-0.39, 0.29) is 23.5 Å². The number of aromatic nitrogens is 1. The standard InChI is InChI=1S/C19H13F2NO3/c20-14-5-1-12(2-6-14)9-22-10-16(13-3-7-15(21)8-4-13)18(23)17(11-22)19(24)25/h1-8,10-11H,9H2,(H,24,25). The Labute approximate surface area is 141 Å². The number of carboxylic acid groups (broad SMARTS) is 1. The monoisotopic (exact) mass is 341 g/mol. The van der Waals surface area contributed by atoms with Gasteiger partial charge in [-0.15, -0.1) is 0 Å². The first kappa shape index (κ1) is 16.6. The highest BCUT2D eigenvalue weighted by molar-refractivity contribution is 5.88. The molecule has 4 nitrogen and oxygen atoms in total. The fourth-order valence-corrected chi connectivity index (χ4v) is 2.51. The van der Waals surface area contributed by atoms with Crippen molar-refractivity contribution in [1.82, 2.24) is 4.57 Å². The molecule has 0 aliphatic carbocycles. The van der Waals surface area contributed by atoms with Gasteiger partial charge in [-0.25, -0.2) is 13.6 Å². The van der Waals surface area contributed by atoms with Crippen LogP contribution in [0.4, 0.5) is 8.78 Å². The molecule has 0 saturated carbocycles. The minimum absolute atomic E-state index is 0.155. The van der Waals surface area contributed by atoms with Gasteiger partial charge in [-0.3, -0.25) is 4.79 Å². The smallest absolute Gasteiger partial charge is 0.341 e. The summed E-state index contributed by atoms with van der Waals surface area (Å²) in [5.41, 5.74) is 0.286. The Bertz CT molecular complexity index is 977. The third-order valence-corrected chi connectivity index (χ3v) is 3.74. The molecular weight excluding hydrogens is 328 g/mol. The van der Waals surface area contributed by atoms with Crippen molar-refractivity contribution in [2.45, 2.75) is 6.54 Å². The molecule has 0 atom stereocenters. The molecule has 1 aromatic heterocycles. The molecule has 6 heteroatoms. The zero-order valence-electron chi connectivity index (χ0n) is 12.9. The zero-order valence-corrected chi connectivity index (χ0v) is 12.9. The van der Waals surface area contributed by atoms with Gasteiger partial charge < -0.3 is 9.67 Å². The molecule has 126 valence electrons. The predicted octanol–water partition coefficient (Wildman–Crippen LogP) is 3.54. The van der Waals surface area contributed by atoms with E-state index in [1.807, 2.05) is 0 Å². The minimum atomic E-state index is -1.35. The van der Waals surface area contributed by atoms with Crippen LogP contribution in [-0.4, -0.2) is 15.6 Å². The first-order chi connectivity index (χ1) is 11.9. The van der Waals surface area contributed by atoms with Crippen LogP contribution < -0.4 is 5.43 Å². The summed E-state index contributed by atoms with van der Waals surface area (Å²) in [6, 6.07) is 11.0. The first-order valence-corrected chi connectivity index (χ1v) is 7.42. The molecule has 0 unspecified atom stereocenters. The van der Waals surface area contributed by atoms with Crippen LogP contribution in [0, 0.1) is 11.6 Å². The lowest BCUT2D eigenvalue weighted by Gasteiger charge is -2.11. The second-order valence-corrected chi connectivity index (χ2v) is 5.53. The zero-order chi connectivity index (χ0) is 18.0. The molecule has 0 bridgehead atoms. The van der Waals surface area contributed by atoms with Gasteiger partial charge in [0.15, 0.2) is 0 Å². The van der Waals surface area contributed by atoms with E-state index < -0.39 is 17.2 Å². The lowest BCUT2D eigenvalue weighted by molar-refractivity contribution is 0.0694. The van der Waals surface area contributed by atoms with Crippen LogP contribution in [0.2, 0.25) is 0 Å². The van der Waals surface area contributed by atoms with Crippen molar-refractivity contribution in [3.05, 3.63) is 93.9 Å². The van der Waals surface area contributed by atoms with E-state index in [1.54, 1.807) is 12.1 Å². The summed E-state index contributed by atoms with van der Waals surface area (Å²) in [5, 5.41) is 9.29. The molecule has 3 rings (SSSR count). The quantitative estimate of drug-likeness (QED) is 0.790. The van der Waals surface area contributed by atoms with Gasteiger partial charge in [0, 0.05) is 24.5 Å². The molecule has 3 aromatic rings. The fraction of sp³-hybridized carbons (Fsp3) is 0.0526. The molecule has 1 N–H and O–H groups in total. The Morgan fingerprint density at radius 1 is 0.920 bits per heavy atom. The van der Waals surface area contributed by atoms with Crippen LogP contribution in [0.15, 0.2) is 65.7 Å². The maximum absolute atomic E-state index is 13.1. The van der Waals surface area contributed by atoms with Crippen LogP contribution in [0.3, 0.4) is 0 Å². The minimum Gasteiger partial charge on any atom is -0.477 e. The van der Waals surface area contributed by atoms with Crippen molar-refractivity contribution in [3.63, 3.8) is 0 Å². The lowest BCUT2D eigenvalue weighted by Crippen LogP contribution is -2.20. The summed E-state index contributed by atoms with van der Waals surface area (Å²) in [4.78, 5) is 23.8. The van der Waals surface area contributed by atoms with E-state index in [1.165, 1.54) is 53.4 Å². The number of nitrogens with zero attached hydrogens (tertiary/aromatic N) is 1. The Kier molecular flexibility index (Phi) is 4.43. The molecule has 0 spiro atoms. The van der Waals surface area contributed by atoms with Gasteiger partial charge >= 0.3 is 5.97 Å². The van der Waals surface area contributed by atoms with E-state index in [2.05, 4.69) is 0 Å². The van der Waals surface area contributed by atoms with Crippen molar-refractivity contribution in [2.75, 3.05) is 0 Å². The second-order valence-electron chi connectivity index (χ2n) is 5.53. The predicted molar refractivity (Wildman–Crippen MR) is 88.6 cm³/mol. The average Bonchev–Trinajstić information content (AvgIpc) is 2.59. The van der Waals surface area contributed by atoms with Crippen LogP contribution in [0.25, 0.3) is 11.1 Å². The van der Waals surface area contributed by atoms with Crippen LogP contribution >= 0.6 is 0 Å². The summed E-state index contributed by atoms with van der Waals surface area (Å²) in [6.07, 6.45) is 2.74. The third-order valence-electron chi connectivity index (χ3n) is 3.74. The Balaban J connectivity index is 2.10. The summed E-state index contributed by atoms with van der Waals surface area (Å²) >= 11 is 0. The van der Waals surface area contributed by atoms with E-state index in [9.17, 15) is 23.5 Å². The Morgan fingerprint density at radius 3 is 2.04 bits per heavy atom. The largest absolute Gasteiger partial charge is 0.477 e. The number of halogens is 2. The molecule has 25 heavy (non-hydrogen) atoms. The number of hydrogen-bond acceptors (Lipinski definition) is 2. The lowest BCUT2D eigenvalue weighted by atomic mass is 10.0. The Hall–Kier alpha value is -3.28. The molecule has 0 fully saturated rings. The van der Waals surface area contributed by atoms with Crippen LogP contribution in [0.5, 0.6) is 0 Å². The van der Waals surface area contributed by atoms with E-state index in [4.69, 9.17) is 0 Å². The van der Waals surface area contributed by atoms with Crippen LogP contribution in [0.1, 0.15) is 15.9 Å². The van der Waals surface area contributed by atoms with Crippen molar-refractivity contribution < 1.29 is 18.7 Å². The SMILES string of the molecule is O=C(O)c1cn(Cc2ccc(F)cc2)cc(-c2ccc(F)cc2)c1=O. The fourth-order valence-electron chi connectivity index (χ4n) is 2.51. The van der Waals surface area contributed by atoms with Crippen molar-refractivity contribution >= 4 is 5.97 Å². The van der Waals surface area contributed by atoms with Crippen LogP contribution in [-0.2, 0) is 6.54 Å². The number of carboxylic acids is 1. The third kappa shape index (κ3) is 3.63. The number of carbonyl (C=O) groups is 1.